The van der Waals surface area contributed by atoms with E-state index in [1.165, 1.54) is 30.1 Å². The van der Waals surface area contributed by atoms with Gasteiger partial charge in [-0.3, -0.25) is 4.79 Å². The summed E-state index contributed by atoms with van der Waals surface area (Å²) >= 11 is 5.87. The van der Waals surface area contributed by atoms with Crippen LogP contribution in [0.5, 0.6) is 0 Å². The standard InChI is InChI=1S/C26H25ClFN3O5S/c1-31(25(34)29-19-10-8-18(27)9-11-19)26(14-17(26)15-32)24(33)30-22-12-7-16(13-21(22)28)20-5-3-4-6-23(20)37(2,35)36/h3-13,17,32H,14-15H2,1-2H3,(H,29,34)(H,30,33). The van der Waals surface area contributed by atoms with Crippen molar-refractivity contribution in [2.45, 2.75) is 16.9 Å². The number of halogens is 2. The predicted molar refractivity (Wildman–Crippen MR) is 140 cm³/mol. The lowest BCUT2D eigenvalue weighted by molar-refractivity contribution is -0.122. The number of likely N-dealkylation sites (N-methyl/N-ethyl adjacent to an activating group) is 1. The summed E-state index contributed by atoms with van der Waals surface area (Å²) in [4.78, 5) is 27.4. The fourth-order valence-electron chi connectivity index (χ4n) is 4.34. The van der Waals surface area contributed by atoms with Gasteiger partial charge in [-0.25, -0.2) is 17.6 Å². The summed E-state index contributed by atoms with van der Waals surface area (Å²) in [5.74, 6) is -1.96. The van der Waals surface area contributed by atoms with Gasteiger partial charge >= 0.3 is 6.03 Å². The molecule has 3 aromatic rings. The Morgan fingerprint density at radius 2 is 1.78 bits per heavy atom. The van der Waals surface area contributed by atoms with E-state index in [1.54, 1.807) is 42.5 Å². The van der Waals surface area contributed by atoms with E-state index in [0.717, 1.165) is 12.3 Å². The van der Waals surface area contributed by atoms with Crippen molar-refractivity contribution < 1.29 is 27.5 Å². The van der Waals surface area contributed by atoms with Crippen LogP contribution in [0.1, 0.15) is 6.42 Å². The van der Waals surface area contributed by atoms with Gasteiger partial charge in [0.1, 0.15) is 11.4 Å². The first-order valence-corrected chi connectivity index (χ1v) is 13.6. The van der Waals surface area contributed by atoms with E-state index in [1.807, 2.05) is 0 Å². The van der Waals surface area contributed by atoms with E-state index in [4.69, 9.17) is 11.6 Å². The number of sulfone groups is 1. The Labute approximate surface area is 219 Å². The summed E-state index contributed by atoms with van der Waals surface area (Å²) in [6, 6.07) is 16.1. The number of aliphatic hydroxyl groups excluding tert-OH is 1. The van der Waals surface area contributed by atoms with E-state index in [-0.39, 0.29) is 23.6 Å². The van der Waals surface area contributed by atoms with Gasteiger partial charge in [-0.2, -0.15) is 0 Å². The van der Waals surface area contributed by atoms with E-state index >= 15 is 4.39 Å². The molecule has 0 aromatic heterocycles. The summed E-state index contributed by atoms with van der Waals surface area (Å²) in [6.07, 6.45) is 1.27. The largest absolute Gasteiger partial charge is 0.396 e. The molecular formula is C26H25ClFN3O5S. The predicted octanol–water partition coefficient (Wildman–Crippen LogP) is 4.40. The SMILES string of the molecule is CN(C(=O)Nc1ccc(Cl)cc1)C1(C(=O)Nc2ccc(-c3ccccc3S(C)(=O)=O)cc2F)CC1CO. The number of hydrogen-bond acceptors (Lipinski definition) is 5. The van der Waals surface area contributed by atoms with Crippen LogP contribution in [0.15, 0.2) is 71.6 Å². The molecule has 0 aliphatic heterocycles. The highest BCUT2D eigenvalue weighted by molar-refractivity contribution is 7.90. The van der Waals surface area contributed by atoms with Gasteiger partial charge in [0.05, 0.1) is 10.6 Å². The molecule has 37 heavy (non-hydrogen) atoms. The quantitative estimate of drug-likeness (QED) is 0.407. The van der Waals surface area contributed by atoms with Crippen LogP contribution < -0.4 is 10.6 Å². The molecule has 3 aromatic carbocycles. The van der Waals surface area contributed by atoms with Gasteiger partial charge in [-0.05, 0) is 54.4 Å². The Morgan fingerprint density at radius 1 is 1.11 bits per heavy atom. The van der Waals surface area contributed by atoms with Crippen LogP contribution in [-0.4, -0.2) is 55.8 Å². The van der Waals surface area contributed by atoms with Crippen molar-refractivity contribution >= 4 is 44.8 Å². The van der Waals surface area contributed by atoms with Crippen LogP contribution in [0.25, 0.3) is 11.1 Å². The molecule has 3 N–H and O–H groups in total. The Morgan fingerprint density at radius 3 is 2.38 bits per heavy atom. The molecule has 1 fully saturated rings. The second-order valence-electron chi connectivity index (χ2n) is 8.92. The first-order chi connectivity index (χ1) is 17.5. The summed E-state index contributed by atoms with van der Waals surface area (Å²) in [5.41, 5.74) is -0.391. The molecule has 1 saturated carbocycles. The fourth-order valence-corrected chi connectivity index (χ4v) is 5.38. The number of amides is 3. The molecule has 3 amide bonds. The van der Waals surface area contributed by atoms with Crippen molar-refractivity contribution in [1.82, 2.24) is 4.90 Å². The summed E-state index contributed by atoms with van der Waals surface area (Å²) in [7, 11) is -2.12. The molecule has 8 nitrogen and oxygen atoms in total. The molecule has 1 aliphatic carbocycles. The fraction of sp³-hybridized carbons (Fsp3) is 0.231. The number of nitrogens with one attached hydrogen (secondary N) is 2. The molecule has 0 radical (unpaired) electrons. The minimum absolute atomic E-state index is 0.0576. The highest BCUT2D eigenvalue weighted by Gasteiger charge is 2.64. The summed E-state index contributed by atoms with van der Waals surface area (Å²) in [6.45, 7) is -0.338. The minimum Gasteiger partial charge on any atom is -0.396 e. The van der Waals surface area contributed by atoms with Gasteiger partial charge in [0.25, 0.3) is 5.91 Å². The van der Waals surface area contributed by atoms with Crippen molar-refractivity contribution in [3.63, 3.8) is 0 Å². The number of rotatable bonds is 7. The van der Waals surface area contributed by atoms with Crippen LogP contribution in [0.3, 0.4) is 0 Å². The summed E-state index contributed by atoms with van der Waals surface area (Å²) < 4.78 is 39.3. The average molecular weight is 546 g/mol. The first kappa shape index (κ1) is 26.6. The van der Waals surface area contributed by atoms with E-state index in [0.29, 0.717) is 21.8 Å². The Bertz CT molecular complexity index is 1470. The van der Waals surface area contributed by atoms with E-state index in [2.05, 4.69) is 10.6 Å². The first-order valence-electron chi connectivity index (χ1n) is 11.3. The lowest BCUT2D eigenvalue weighted by Crippen LogP contribution is -2.50. The van der Waals surface area contributed by atoms with E-state index in [9.17, 15) is 23.1 Å². The third kappa shape index (κ3) is 5.31. The van der Waals surface area contributed by atoms with E-state index < -0.39 is 39.0 Å². The van der Waals surface area contributed by atoms with Crippen molar-refractivity contribution in [1.29, 1.82) is 0 Å². The van der Waals surface area contributed by atoms with Crippen LogP contribution in [0.4, 0.5) is 20.6 Å². The number of benzene rings is 3. The molecule has 0 heterocycles. The average Bonchev–Trinajstić information content (AvgIpc) is 3.61. The van der Waals surface area contributed by atoms with Crippen LogP contribution in [-0.2, 0) is 14.6 Å². The zero-order valence-electron chi connectivity index (χ0n) is 20.0. The number of nitrogens with zero attached hydrogens (tertiary/aromatic N) is 1. The molecule has 2 atom stereocenters. The maximum Gasteiger partial charge on any atom is 0.322 e. The number of carbonyl (C=O) groups excluding carboxylic acids is 2. The highest BCUT2D eigenvalue weighted by atomic mass is 35.5. The van der Waals surface area contributed by atoms with Crippen molar-refractivity contribution in [3.05, 3.63) is 77.6 Å². The normalized spacial score (nSPS) is 18.7. The van der Waals surface area contributed by atoms with Crippen molar-refractivity contribution in [2.24, 2.45) is 5.92 Å². The Balaban J connectivity index is 1.56. The molecule has 0 saturated heterocycles. The molecule has 1 aliphatic rings. The summed E-state index contributed by atoms with van der Waals surface area (Å²) in [5, 5.41) is 15.4. The number of urea groups is 1. The maximum absolute atomic E-state index is 15.1. The Hall–Kier alpha value is -3.47. The van der Waals surface area contributed by atoms with Gasteiger partial charge in [0.2, 0.25) is 0 Å². The third-order valence-corrected chi connectivity index (χ3v) is 7.91. The maximum atomic E-state index is 15.1. The van der Waals surface area contributed by atoms with Gasteiger partial charge in [-0.1, -0.05) is 35.9 Å². The van der Waals surface area contributed by atoms with Gasteiger partial charge < -0.3 is 20.6 Å². The lowest BCUT2D eigenvalue weighted by atomic mass is 10.0. The van der Waals surface area contributed by atoms with Crippen LogP contribution in [0.2, 0.25) is 5.02 Å². The smallest absolute Gasteiger partial charge is 0.322 e. The zero-order chi connectivity index (χ0) is 27.0. The zero-order valence-corrected chi connectivity index (χ0v) is 21.6. The highest BCUT2D eigenvalue weighted by Crippen LogP contribution is 2.49. The van der Waals surface area contributed by atoms with Gasteiger partial charge in [0, 0.05) is 42.1 Å². The minimum atomic E-state index is -3.55. The Kier molecular flexibility index (Phi) is 7.27. The third-order valence-electron chi connectivity index (χ3n) is 6.50. The number of anilines is 2. The molecule has 11 heteroatoms. The number of hydrogen-bond donors (Lipinski definition) is 3. The monoisotopic (exact) mass is 545 g/mol. The van der Waals surface area contributed by atoms with Crippen molar-refractivity contribution in [3.8, 4) is 11.1 Å². The van der Waals surface area contributed by atoms with Gasteiger partial charge in [-0.15, -0.1) is 0 Å². The molecule has 194 valence electrons. The molecule has 0 spiro atoms. The second-order valence-corrected chi connectivity index (χ2v) is 11.3. The van der Waals surface area contributed by atoms with Crippen molar-refractivity contribution in [2.75, 3.05) is 30.5 Å². The molecule has 2 unspecified atom stereocenters. The molecule has 0 bridgehead atoms. The number of aliphatic hydroxyl groups is 1. The lowest BCUT2D eigenvalue weighted by Gasteiger charge is -2.29. The molecule has 4 rings (SSSR count). The second kappa shape index (κ2) is 10.1. The molecular weight excluding hydrogens is 521 g/mol. The van der Waals surface area contributed by atoms with Crippen LogP contribution >= 0.6 is 11.6 Å². The topological polar surface area (TPSA) is 116 Å². The number of carbonyl (C=O) groups is 2. The van der Waals surface area contributed by atoms with Crippen LogP contribution in [0, 0.1) is 11.7 Å². The van der Waals surface area contributed by atoms with Gasteiger partial charge in [0.15, 0.2) is 9.84 Å².